The summed E-state index contributed by atoms with van der Waals surface area (Å²) in [5.74, 6) is -1.15. The molecule has 0 unspecified atom stereocenters. The van der Waals surface area contributed by atoms with E-state index >= 15 is 0 Å². The summed E-state index contributed by atoms with van der Waals surface area (Å²) in [6.45, 7) is 2.86. The lowest BCUT2D eigenvalue weighted by atomic mass is 10.0. The molecule has 0 radical (unpaired) electrons. The van der Waals surface area contributed by atoms with Crippen LogP contribution < -0.4 is 5.73 Å². The third kappa shape index (κ3) is 6.59. The van der Waals surface area contributed by atoms with Gasteiger partial charge in [0.1, 0.15) is 16.3 Å². The van der Waals surface area contributed by atoms with Crippen molar-refractivity contribution in [3.63, 3.8) is 0 Å². The van der Waals surface area contributed by atoms with Crippen molar-refractivity contribution in [1.29, 1.82) is 0 Å². The van der Waals surface area contributed by atoms with Gasteiger partial charge in [0, 0.05) is 16.5 Å². The molecule has 0 bridgehead atoms. The van der Waals surface area contributed by atoms with Gasteiger partial charge in [-0.15, -0.1) is 14.6 Å². The van der Waals surface area contributed by atoms with Crippen molar-refractivity contribution in [2.24, 2.45) is 20.5 Å². The maximum atomic E-state index is 12.3. The van der Waals surface area contributed by atoms with Crippen molar-refractivity contribution in [3.8, 4) is 11.5 Å². The molecule has 0 aliphatic rings. The molecular formula is C28H23N5O11S3. The van der Waals surface area contributed by atoms with Gasteiger partial charge in [0.25, 0.3) is 20.2 Å². The first-order valence-electron chi connectivity index (χ1n) is 13.0. The molecule has 16 nitrogen and oxygen atoms in total. The van der Waals surface area contributed by atoms with Crippen LogP contribution in [-0.2, 0) is 29.6 Å². The van der Waals surface area contributed by atoms with E-state index in [0.29, 0.717) is 34.1 Å². The molecule has 5 aromatic carbocycles. The average Bonchev–Trinajstić information content (AvgIpc) is 3.01. The second kappa shape index (κ2) is 12.8. The summed E-state index contributed by atoms with van der Waals surface area (Å²) in [7, 11) is -9.88. The summed E-state index contributed by atoms with van der Waals surface area (Å²) in [5.41, 5.74) is 5.92. The molecule has 0 fully saturated rings. The third-order valence-electron chi connectivity index (χ3n) is 7.06. The fraction of sp³-hybridized carbons (Fsp3) is 0.0714. The van der Waals surface area contributed by atoms with E-state index in [0.717, 1.165) is 12.1 Å². The quantitative estimate of drug-likeness (QED) is 0.0219. The summed E-state index contributed by atoms with van der Waals surface area (Å²) < 4.78 is 72.5. The van der Waals surface area contributed by atoms with Gasteiger partial charge in [0.05, 0.1) is 33.2 Å². The number of benzene rings is 5. The molecule has 5 rings (SSSR count). The van der Waals surface area contributed by atoms with Gasteiger partial charge in [-0.2, -0.15) is 27.1 Å². The number of nitrogens with two attached hydrogens (primary N) is 1. The first kappa shape index (κ1) is 33.6. The fourth-order valence-electron chi connectivity index (χ4n) is 4.76. The summed E-state index contributed by atoms with van der Waals surface area (Å²) in [4.78, 5) is -1.40. The van der Waals surface area contributed by atoms with E-state index in [4.69, 9.17) is 11.0 Å². The maximum absolute atomic E-state index is 12.3. The number of aromatic hydroxyl groups is 2. The first-order chi connectivity index (χ1) is 22.1. The fourth-order valence-corrected chi connectivity index (χ4v) is 6.68. The van der Waals surface area contributed by atoms with E-state index in [2.05, 4.69) is 29.8 Å². The number of nitrogens with zero attached hydrogens (tertiary/aromatic N) is 4. The Morgan fingerprint density at radius 3 is 2.02 bits per heavy atom. The monoisotopic (exact) mass is 701 g/mol. The van der Waals surface area contributed by atoms with Crippen LogP contribution in [0.1, 0.15) is 11.1 Å². The summed E-state index contributed by atoms with van der Waals surface area (Å²) in [6, 6.07) is 14.8. The van der Waals surface area contributed by atoms with E-state index in [9.17, 15) is 36.2 Å². The predicted molar refractivity (Wildman–Crippen MR) is 170 cm³/mol. The minimum absolute atomic E-state index is 0.0129. The molecule has 0 saturated heterocycles. The second-order valence-corrected chi connectivity index (χ2v) is 13.4. The van der Waals surface area contributed by atoms with Crippen LogP contribution >= 0.6 is 12.0 Å². The molecule has 0 spiro atoms. The Bertz CT molecular complexity index is 2350. The van der Waals surface area contributed by atoms with Crippen LogP contribution in [-0.4, -0.2) is 41.4 Å². The average molecular weight is 702 g/mol. The van der Waals surface area contributed by atoms with Crippen LogP contribution in [0.15, 0.2) is 95.8 Å². The molecule has 0 saturated carbocycles. The van der Waals surface area contributed by atoms with Crippen molar-refractivity contribution < 1.29 is 50.8 Å². The van der Waals surface area contributed by atoms with Crippen LogP contribution in [0.4, 0.5) is 28.4 Å². The number of phenols is 2. The van der Waals surface area contributed by atoms with E-state index in [1.54, 1.807) is 37.3 Å². The standard InChI is InChI=1S/C28H23N5O11S3/c1-13-18-12-20(45-44-43-36)25(32-30-16-6-4-3-5-7-16)27(34)17(18)8-9-19(13)31-33-26-22(47(40,41)42)11-15-10-21(46(37,38)39)14(2)24(29)23(15)28(26)35/h3-12,34-36H,29H2,1-2H3,(H,37,38,39)(H,40,41,42). The lowest BCUT2D eigenvalue weighted by Gasteiger charge is -2.14. The van der Waals surface area contributed by atoms with Crippen molar-refractivity contribution in [2.45, 2.75) is 28.5 Å². The molecule has 244 valence electrons. The van der Waals surface area contributed by atoms with Crippen molar-refractivity contribution in [1.82, 2.24) is 0 Å². The number of azo groups is 2. The molecule has 0 heterocycles. The first-order valence-corrected chi connectivity index (χ1v) is 16.6. The molecular weight excluding hydrogens is 679 g/mol. The normalized spacial score (nSPS) is 12.6. The van der Waals surface area contributed by atoms with E-state index in [1.807, 2.05) is 0 Å². The highest BCUT2D eigenvalue weighted by Gasteiger charge is 2.26. The number of nitrogen functional groups attached to an aromatic ring is 1. The van der Waals surface area contributed by atoms with Gasteiger partial charge in [0.15, 0.2) is 11.5 Å². The Morgan fingerprint density at radius 1 is 0.745 bits per heavy atom. The number of aryl methyl sites for hydroxylation is 1. The van der Waals surface area contributed by atoms with Crippen LogP contribution in [0, 0.1) is 13.8 Å². The van der Waals surface area contributed by atoms with Crippen LogP contribution in [0.2, 0.25) is 0 Å². The zero-order chi connectivity index (χ0) is 34.3. The van der Waals surface area contributed by atoms with Gasteiger partial charge < -0.3 is 15.9 Å². The molecule has 19 heteroatoms. The topological polar surface area (TPSA) is 263 Å². The van der Waals surface area contributed by atoms with Gasteiger partial charge in [-0.3, -0.25) is 9.11 Å². The molecule has 0 amide bonds. The SMILES string of the molecule is Cc1c(S(=O)(=O)O)cc2cc(S(=O)(=O)O)c(N=Nc3ccc4c(O)c(N=Nc5ccccc5)c(SOOO)cc4c3C)c(O)c2c1N. The van der Waals surface area contributed by atoms with Crippen molar-refractivity contribution in [3.05, 3.63) is 71.8 Å². The van der Waals surface area contributed by atoms with Gasteiger partial charge in [-0.1, -0.05) is 23.2 Å². The van der Waals surface area contributed by atoms with Gasteiger partial charge in [-0.05, 0) is 78.2 Å². The molecule has 47 heavy (non-hydrogen) atoms. The van der Waals surface area contributed by atoms with E-state index < -0.39 is 41.5 Å². The second-order valence-electron chi connectivity index (χ2n) is 9.87. The highest BCUT2D eigenvalue weighted by atomic mass is 32.2. The molecule has 7 N–H and O–H groups in total. The predicted octanol–water partition coefficient (Wildman–Crippen LogP) is 7.36. The lowest BCUT2D eigenvalue weighted by molar-refractivity contribution is -0.432. The zero-order valence-electron chi connectivity index (χ0n) is 24.1. The van der Waals surface area contributed by atoms with E-state index in [-0.39, 0.29) is 44.0 Å². The minimum atomic E-state index is -5.09. The number of phenolic OH excluding ortho intramolecular Hbond substituents is 2. The number of hydrogen-bond acceptors (Lipinski definition) is 15. The highest BCUT2D eigenvalue weighted by Crippen LogP contribution is 2.48. The molecule has 0 aliphatic carbocycles. The van der Waals surface area contributed by atoms with E-state index in [1.165, 1.54) is 25.1 Å². The number of hydrogen-bond donors (Lipinski definition) is 6. The number of fused-ring (bicyclic) bond motifs is 2. The largest absolute Gasteiger partial charge is 0.505 e. The smallest absolute Gasteiger partial charge is 0.296 e. The Hall–Kier alpha value is -4.73. The Kier molecular flexibility index (Phi) is 9.17. The third-order valence-corrected chi connectivity index (χ3v) is 9.53. The lowest BCUT2D eigenvalue weighted by Crippen LogP contribution is -2.05. The van der Waals surface area contributed by atoms with Crippen LogP contribution in [0.25, 0.3) is 21.5 Å². The summed E-state index contributed by atoms with van der Waals surface area (Å²) >= 11 is 0.516. The zero-order valence-corrected chi connectivity index (χ0v) is 26.5. The van der Waals surface area contributed by atoms with Crippen LogP contribution in [0.3, 0.4) is 0 Å². The van der Waals surface area contributed by atoms with Crippen molar-refractivity contribution >= 4 is 82.3 Å². The minimum Gasteiger partial charge on any atom is -0.505 e. The maximum Gasteiger partial charge on any atom is 0.296 e. The Labute approximate surface area is 270 Å². The number of rotatable bonds is 9. The highest BCUT2D eigenvalue weighted by molar-refractivity contribution is 7.94. The molecule has 0 atom stereocenters. The number of anilines is 1. The molecule has 5 aromatic rings. The summed E-state index contributed by atoms with van der Waals surface area (Å²) in [5, 5.41) is 51.2. The van der Waals surface area contributed by atoms with Gasteiger partial charge in [0.2, 0.25) is 0 Å². The van der Waals surface area contributed by atoms with Gasteiger partial charge >= 0.3 is 0 Å². The molecule has 0 aromatic heterocycles. The molecule has 0 aliphatic heterocycles. The van der Waals surface area contributed by atoms with Crippen molar-refractivity contribution in [2.75, 3.05) is 5.73 Å². The Balaban J connectivity index is 1.68. The Morgan fingerprint density at radius 2 is 1.38 bits per heavy atom. The summed E-state index contributed by atoms with van der Waals surface area (Å²) in [6.07, 6.45) is 0. The van der Waals surface area contributed by atoms with Crippen LogP contribution in [0.5, 0.6) is 11.5 Å². The van der Waals surface area contributed by atoms with Gasteiger partial charge in [-0.25, -0.2) is 5.26 Å².